The Labute approximate surface area is 143 Å². The second-order valence-electron chi connectivity index (χ2n) is 5.37. The normalized spacial score (nSPS) is 12.1. The van der Waals surface area contributed by atoms with Gasteiger partial charge in [-0.3, -0.25) is 14.0 Å². The molecule has 24 heavy (non-hydrogen) atoms. The molecule has 0 bridgehead atoms. The molecule has 0 aliphatic heterocycles. The zero-order valence-corrected chi connectivity index (χ0v) is 14.2. The number of esters is 1. The third-order valence-electron chi connectivity index (χ3n) is 3.60. The third kappa shape index (κ3) is 3.46. The number of nitrogens with zero attached hydrogens (tertiary/aromatic N) is 3. The van der Waals surface area contributed by atoms with Crippen molar-refractivity contribution in [3.05, 3.63) is 53.8 Å². The average molecular weight is 343 g/mol. The molecule has 0 unspecified atom stereocenters. The Morgan fingerprint density at radius 2 is 2.08 bits per heavy atom. The van der Waals surface area contributed by atoms with E-state index in [0.29, 0.717) is 5.69 Å². The topological polar surface area (TPSA) is 63.9 Å². The number of amides is 1. The van der Waals surface area contributed by atoms with E-state index < -0.39 is 12.1 Å². The molecule has 0 radical (unpaired) electrons. The molecule has 0 aliphatic carbocycles. The van der Waals surface area contributed by atoms with E-state index in [1.807, 2.05) is 46.3 Å². The number of anilines is 1. The summed E-state index contributed by atoms with van der Waals surface area (Å²) >= 11 is 1.49. The Morgan fingerprint density at radius 3 is 2.79 bits per heavy atom. The van der Waals surface area contributed by atoms with Crippen LogP contribution in [0.2, 0.25) is 0 Å². The van der Waals surface area contributed by atoms with Crippen molar-refractivity contribution < 1.29 is 14.3 Å². The summed E-state index contributed by atoms with van der Waals surface area (Å²) in [6.07, 6.45) is 2.85. The molecule has 124 valence electrons. The van der Waals surface area contributed by atoms with Crippen LogP contribution in [-0.2, 0) is 20.7 Å². The highest BCUT2D eigenvalue weighted by Gasteiger charge is 2.23. The van der Waals surface area contributed by atoms with Crippen molar-refractivity contribution in [2.24, 2.45) is 0 Å². The largest absolute Gasteiger partial charge is 0.452 e. The number of ether oxygens (including phenoxy) is 1. The van der Waals surface area contributed by atoms with Gasteiger partial charge in [-0.25, -0.2) is 4.98 Å². The summed E-state index contributed by atoms with van der Waals surface area (Å²) in [5.74, 6) is -0.747. The van der Waals surface area contributed by atoms with Crippen molar-refractivity contribution in [3.63, 3.8) is 0 Å². The molecule has 0 saturated heterocycles. The first-order chi connectivity index (χ1) is 11.5. The highest BCUT2D eigenvalue weighted by Crippen LogP contribution is 2.14. The van der Waals surface area contributed by atoms with Crippen molar-refractivity contribution in [1.82, 2.24) is 9.38 Å². The van der Waals surface area contributed by atoms with Crippen molar-refractivity contribution in [2.75, 3.05) is 11.9 Å². The van der Waals surface area contributed by atoms with Crippen LogP contribution >= 0.6 is 11.3 Å². The highest BCUT2D eigenvalue weighted by atomic mass is 32.1. The standard InChI is InChI=1S/C17H17N3O3S/c1-12(16(22)19(2)14-6-4-3-5-7-14)23-15(21)10-13-11-20-8-9-24-17(20)18-13/h3-9,11-12H,10H2,1-2H3/t12-/m1/s1. The number of likely N-dealkylation sites (N-methyl/N-ethyl adjacent to an activating group) is 1. The number of benzene rings is 1. The first-order valence-corrected chi connectivity index (χ1v) is 8.36. The van der Waals surface area contributed by atoms with Crippen LogP contribution in [0.1, 0.15) is 12.6 Å². The molecule has 0 aliphatic rings. The smallest absolute Gasteiger partial charge is 0.312 e. The Hall–Kier alpha value is -2.67. The number of aromatic nitrogens is 2. The molecule has 1 amide bonds. The molecular weight excluding hydrogens is 326 g/mol. The van der Waals surface area contributed by atoms with Crippen molar-refractivity contribution >= 4 is 33.9 Å². The molecule has 0 N–H and O–H groups in total. The fourth-order valence-corrected chi connectivity index (χ4v) is 3.07. The zero-order chi connectivity index (χ0) is 17.1. The molecule has 0 fully saturated rings. The minimum Gasteiger partial charge on any atom is -0.452 e. The molecular formula is C17H17N3O3S. The van der Waals surface area contributed by atoms with Gasteiger partial charge in [0.15, 0.2) is 11.1 Å². The number of imidazole rings is 1. The first-order valence-electron chi connectivity index (χ1n) is 7.48. The average Bonchev–Trinajstić information content (AvgIpc) is 3.15. The van der Waals surface area contributed by atoms with E-state index in [2.05, 4.69) is 4.98 Å². The molecule has 0 spiro atoms. The van der Waals surface area contributed by atoms with E-state index in [9.17, 15) is 9.59 Å². The van der Waals surface area contributed by atoms with Gasteiger partial charge >= 0.3 is 5.97 Å². The second kappa shape index (κ2) is 6.84. The van der Waals surface area contributed by atoms with Crippen LogP contribution in [0.15, 0.2) is 48.1 Å². The van der Waals surface area contributed by atoms with E-state index >= 15 is 0 Å². The van der Waals surface area contributed by atoms with E-state index in [-0.39, 0.29) is 12.3 Å². The Kier molecular flexibility index (Phi) is 4.61. The van der Waals surface area contributed by atoms with Crippen molar-refractivity contribution in [3.8, 4) is 0 Å². The van der Waals surface area contributed by atoms with E-state index in [1.54, 1.807) is 20.2 Å². The second-order valence-corrected chi connectivity index (χ2v) is 6.24. The lowest BCUT2D eigenvalue weighted by molar-refractivity contribution is -0.153. The maximum atomic E-state index is 12.4. The van der Waals surface area contributed by atoms with Crippen LogP contribution in [0.25, 0.3) is 4.96 Å². The number of carbonyl (C=O) groups excluding carboxylic acids is 2. The summed E-state index contributed by atoms with van der Waals surface area (Å²) in [6.45, 7) is 1.57. The summed E-state index contributed by atoms with van der Waals surface area (Å²) in [5, 5.41) is 1.92. The minimum atomic E-state index is -0.855. The van der Waals surface area contributed by atoms with Gasteiger partial charge < -0.3 is 9.64 Å². The minimum absolute atomic E-state index is 0.0427. The summed E-state index contributed by atoms with van der Waals surface area (Å²) in [6, 6.07) is 9.22. The van der Waals surface area contributed by atoms with Gasteiger partial charge in [-0.05, 0) is 19.1 Å². The van der Waals surface area contributed by atoms with E-state index in [1.165, 1.54) is 16.2 Å². The molecule has 3 aromatic rings. The fraction of sp³-hybridized carbons (Fsp3) is 0.235. The predicted molar refractivity (Wildman–Crippen MR) is 92.2 cm³/mol. The number of fused-ring (bicyclic) bond motifs is 1. The first kappa shape index (κ1) is 16.2. The van der Waals surface area contributed by atoms with Gasteiger partial charge in [0, 0.05) is 30.5 Å². The Bertz CT molecular complexity index is 828. The molecule has 2 aromatic heterocycles. The lowest BCUT2D eigenvalue weighted by atomic mass is 10.2. The zero-order valence-electron chi connectivity index (χ0n) is 13.4. The SMILES string of the molecule is C[C@@H](OC(=O)Cc1cn2ccsc2n1)C(=O)N(C)c1ccccc1. The summed E-state index contributed by atoms with van der Waals surface area (Å²) < 4.78 is 7.11. The molecule has 6 nitrogen and oxygen atoms in total. The van der Waals surface area contributed by atoms with Gasteiger partial charge in [-0.15, -0.1) is 11.3 Å². The van der Waals surface area contributed by atoms with E-state index in [0.717, 1.165) is 10.6 Å². The van der Waals surface area contributed by atoms with Crippen LogP contribution in [0.5, 0.6) is 0 Å². The Morgan fingerprint density at radius 1 is 1.33 bits per heavy atom. The maximum absolute atomic E-state index is 12.4. The van der Waals surface area contributed by atoms with Gasteiger partial charge in [0.1, 0.15) is 0 Å². The van der Waals surface area contributed by atoms with Crippen molar-refractivity contribution in [2.45, 2.75) is 19.4 Å². The number of rotatable bonds is 5. The third-order valence-corrected chi connectivity index (χ3v) is 4.37. The van der Waals surface area contributed by atoms with E-state index in [4.69, 9.17) is 4.74 Å². The number of carbonyl (C=O) groups is 2. The monoisotopic (exact) mass is 343 g/mol. The van der Waals surface area contributed by atoms with Gasteiger partial charge in [0.2, 0.25) is 0 Å². The molecule has 2 heterocycles. The van der Waals surface area contributed by atoms with Crippen LogP contribution in [0, 0.1) is 0 Å². The maximum Gasteiger partial charge on any atom is 0.312 e. The molecule has 3 rings (SSSR count). The lowest BCUT2D eigenvalue weighted by Crippen LogP contribution is -2.37. The lowest BCUT2D eigenvalue weighted by Gasteiger charge is -2.21. The summed E-state index contributed by atoms with van der Waals surface area (Å²) in [5.41, 5.74) is 1.38. The summed E-state index contributed by atoms with van der Waals surface area (Å²) in [7, 11) is 1.66. The quantitative estimate of drug-likeness (QED) is 0.668. The van der Waals surface area contributed by atoms with Gasteiger partial charge in [0.25, 0.3) is 5.91 Å². The van der Waals surface area contributed by atoms with Gasteiger partial charge in [0.05, 0.1) is 12.1 Å². The molecule has 0 saturated carbocycles. The molecule has 1 atom stereocenters. The number of thiazole rings is 1. The van der Waals surface area contributed by atoms with Crippen LogP contribution < -0.4 is 4.90 Å². The summed E-state index contributed by atoms with van der Waals surface area (Å²) in [4.78, 5) is 31.0. The fourth-order valence-electron chi connectivity index (χ4n) is 2.35. The van der Waals surface area contributed by atoms with Crippen LogP contribution in [0.3, 0.4) is 0 Å². The van der Waals surface area contributed by atoms with Crippen molar-refractivity contribution in [1.29, 1.82) is 0 Å². The Balaban J connectivity index is 1.59. The molecule has 1 aromatic carbocycles. The number of para-hydroxylation sites is 1. The number of hydrogen-bond acceptors (Lipinski definition) is 5. The predicted octanol–water partition coefficient (Wildman–Crippen LogP) is 2.53. The molecule has 7 heteroatoms. The van der Waals surface area contributed by atoms with Crippen LogP contribution in [0.4, 0.5) is 5.69 Å². The number of hydrogen-bond donors (Lipinski definition) is 0. The van der Waals surface area contributed by atoms with Crippen LogP contribution in [-0.4, -0.2) is 34.4 Å². The van der Waals surface area contributed by atoms with Gasteiger partial charge in [-0.2, -0.15) is 0 Å². The highest BCUT2D eigenvalue weighted by molar-refractivity contribution is 7.15. The van der Waals surface area contributed by atoms with Gasteiger partial charge in [-0.1, -0.05) is 18.2 Å².